The zero-order chi connectivity index (χ0) is 24.6. The molecule has 35 heavy (non-hydrogen) atoms. The average molecular weight is 492 g/mol. The minimum absolute atomic E-state index is 0.0266. The maximum absolute atomic E-state index is 12.9. The van der Waals surface area contributed by atoms with Gasteiger partial charge in [-0.3, -0.25) is 4.79 Å². The number of thiazole rings is 1. The number of amides is 2. The Morgan fingerprint density at radius 2 is 1.80 bits per heavy atom. The first kappa shape index (κ1) is 23.0. The van der Waals surface area contributed by atoms with Crippen LogP contribution in [0.1, 0.15) is 51.5 Å². The van der Waals surface area contributed by atoms with Crippen molar-refractivity contribution in [1.82, 2.24) is 15.2 Å². The van der Waals surface area contributed by atoms with Crippen LogP contribution in [0.5, 0.6) is 0 Å². The second kappa shape index (κ2) is 9.14. The summed E-state index contributed by atoms with van der Waals surface area (Å²) < 4.78 is 5.54. The average Bonchev–Trinajstić information content (AvgIpc) is 3.57. The highest BCUT2D eigenvalue weighted by atomic mass is 32.1. The zero-order valence-electron chi connectivity index (χ0n) is 19.2. The third-order valence-corrected chi connectivity index (χ3v) is 7.82. The van der Waals surface area contributed by atoms with Crippen molar-refractivity contribution in [3.63, 3.8) is 0 Å². The van der Waals surface area contributed by atoms with Gasteiger partial charge in [0.15, 0.2) is 0 Å². The van der Waals surface area contributed by atoms with Crippen LogP contribution in [0.3, 0.4) is 0 Å². The molecule has 1 aromatic heterocycles. The number of carbonyl (C=O) groups excluding carboxylic acids is 2. The molecule has 0 unspecified atom stereocenters. The number of carboxylic acid groups (broad SMARTS) is 1. The Bertz CT molecular complexity index is 1260. The molecule has 1 atom stereocenters. The lowest BCUT2D eigenvalue weighted by Crippen LogP contribution is -2.50. The maximum Gasteiger partial charge on any atom is 0.407 e. The summed E-state index contributed by atoms with van der Waals surface area (Å²) in [5, 5.41) is 12.8. The number of aliphatic carboxylic acids is 1. The molecule has 2 aliphatic rings. The summed E-state index contributed by atoms with van der Waals surface area (Å²) in [4.78, 5) is 42.9. The molecule has 2 N–H and O–H groups in total. The highest BCUT2D eigenvalue weighted by Gasteiger charge is 2.46. The number of likely N-dealkylation sites (tertiary alicyclic amines) is 1. The van der Waals surface area contributed by atoms with Gasteiger partial charge in [-0.25, -0.2) is 14.6 Å². The number of benzene rings is 2. The first-order valence-corrected chi connectivity index (χ1v) is 12.3. The lowest BCUT2D eigenvalue weighted by atomic mass is 9.98. The number of hydrogen-bond donors (Lipinski definition) is 2. The predicted molar refractivity (Wildman–Crippen MR) is 130 cm³/mol. The molecule has 1 fully saturated rings. The van der Waals surface area contributed by atoms with E-state index < -0.39 is 17.6 Å². The maximum atomic E-state index is 12.9. The summed E-state index contributed by atoms with van der Waals surface area (Å²) in [6, 6.07) is 16.3. The molecule has 3 aromatic rings. The van der Waals surface area contributed by atoms with Gasteiger partial charge in [-0.05, 0) is 42.0 Å². The van der Waals surface area contributed by atoms with Crippen molar-refractivity contribution in [3.8, 4) is 11.1 Å². The van der Waals surface area contributed by atoms with Gasteiger partial charge in [0.25, 0.3) is 5.91 Å². The van der Waals surface area contributed by atoms with Crippen LogP contribution in [0.25, 0.3) is 11.1 Å². The Labute approximate surface area is 206 Å². The molecule has 0 bridgehead atoms. The van der Waals surface area contributed by atoms with Crippen LogP contribution >= 0.6 is 11.3 Å². The van der Waals surface area contributed by atoms with Gasteiger partial charge in [-0.15, -0.1) is 11.3 Å². The molecule has 0 spiro atoms. The van der Waals surface area contributed by atoms with Gasteiger partial charge in [0.1, 0.15) is 22.0 Å². The largest absolute Gasteiger partial charge is 0.480 e. The van der Waals surface area contributed by atoms with Crippen molar-refractivity contribution in [1.29, 1.82) is 0 Å². The quantitative estimate of drug-likeness (QED) is 0.533. The minimum atomic E-state index is -1.21. The number of rotatable bonds is 6. The van der Waals surface area contributed by atoms with Gasteiger partial charge in [0.2, 0.25) is 0 Å². The Hall–Kier alpha value is -3.72. The van der Waals surface area contributed by atoms with Crippen LogP contribution in [-0.4, -0.2) is 51.7 Å². The van der Waals surface area contributed by atoms with Crippen molar-refractivity contribution >= 4 is 29.3 Å². The summed E-state index contributed by atoms with van der Waals surface area (Å²) in [7, 11) is 0. The number of alkyl carbamates (subject to hydrolysis) is 1. The van der Waals surface area contributed by atoms with E-state index in [9.17, 15) is 19.5 Å². The Morgan fingerprint density at radius 1 is 1.14 bits per heavy atom. The van der Waals surface area contributed by atoms with Crippen molar-refractivity contribution < 1.29 is 24.2 Å². The monoisotopic (exact) mass is 491 g/mol. The third-order valence-electron chi connectivity index (χ3n) is 6.84. The van der Waals surface area contributed by atoms with Crippen molar-refractivity contribution in [2.45, 2.75) is 37.8 Å². The number of carboxylic acids is 1. The van der Waals surface area contributed by atoms with Gasteiger partial charge < -0.3 is 20.1 Å². The molecule has 1 saturated heterocycles. The number of carbonyl (C=O) groups is 3. The molecule has 180 valence electrons. The van der Waals surface area contributed by atoms with Gasteiger partial charge in [0, 0.05) is 12.5 Å². The van der Waals surface area contributed by atoms with E-state index in [0.717, 1.165) is 33.6 Å². The van der Waals surface area contributed by atoms with Gasteiger partial charge in [-0.1, -0.05) is 48.5 Å². The summed E-state index contributed by atoms with van der Waals surface area (Å²) in [6.07, 6.45) is 1.93. The van der Waals surface area contributed by atoms with Gasteiger partial charge in [0.05, 0.1) is 12.7 Å². The van der Waals surface area contributed by atoms with Gasteiger partial charge >= 0.3 is 12.1 Å². The lowest BCUT2D eigenvalue weighted by Gasteiger charge is -2.30. The number of hydrogen-bond acceptors (Lipinski definition) is 6. The molecule has 9 heteroatoms. The Morgan fingerprint density at radius 3 is 2.46 bits per heavy atom. The number of nitrogens with zero attached hydrogens (tertiary/aromatic N) is 2. The lowest BCUT2D eigenvalue weighted by molar-refractivity contribution is -0.147. The van der Waals surface area contributed by atoms with E-state index in [2.05, 4.69) is 34.6 Å². The highest BCUT2D eigenvalue weighted by molar-refractivity contribution is 7.13. The minimum Gasteiger partial charge on any atom is -0.480 e. The van der Waals surface area contributed by atoms with Crippen LogP contribution in [-0.2, 0) is 16.1 Å². The van der Waals surface area contributed by atoms with Crippen LogP contribution < -0.4 is 5.32 Å². The molecule has 2 aromatic carbocycles. The van der Waals surface area contributed by atoms with Crippen molar-refractivity contribution in [3.05, 3.63) is 75.7 Å². The molecule has 5 rings (SSSR count). The SMILES string of the molecule is C[C@]1(C(=O)O)CCCN1C(=O)c1cnc(CNC(=O)OCC2c3ccccc3-c3ccccc32)s1. The number of fused-ring (bicyclic) bond motifs is 3. The molecule has 1 aliphatic heterocycles. The van der Waals surface area contributed by atoms with Crippen LogP contribution in [0, 0.1) is 0 Å². The standard InChI is InChI=1S/C26H25N3O5S/c1-26(24(31)32)11-6-12-29(26)23(30)21-13-27-22(35-21)14-28-25(33)34-15-20-18-9-4-2-7-16(18)17-8-3-5-10-19(17)20/h2-5,7-10,13,20H,6,11-12,14-15H2,1H3,(H,28,33)(H,31,32)/t26-/m1/s1. The van der Waals surface area contributed by atoms with E-state index in [1.165, 1.54) is 11.1 Å². The van der Waals surface area contributed by atoms with E-state index in [0.29, 0.717) is 29.3 Å². The second-order valence-electron chi connectivity index (χ2n) is 8.94. The molecule has 0 saturated carbocycles. The predicted octanol–water partition coefficient (Wildman–Crippen LogP) is 4.26. The normalized spacial score (nSPS) is 18.7. The number of aromatic nitrogens is 1. The molecule has 2 amide bonds. The smallest absolute Gasteiger partial charge is 0.407 e. The fraction of sp³-hybridized carbons (Fsp3) is 0.308. The summed E-state index contributed by atoms with van der Waals surface area (Å²) in [5.41, 5.74) is 3.39. The van der Waals surface area contributed by atoms with Crippen LogP contribution in [0.15, 0.2) is 54.7 Å². The summed E-state index contributed by atoms with van der Waals surface area (Å²) in [5.74, 6) is -1.39. The topological polar surface area (TPSA) is 109 Å². The second-order valence-corrected chi connectivity index (χ2v) is 10.1. The zero-order valence-corrected chi connectivity index (χ0v) is 20.0. The summed E-state index contributed by atoms with van der Waals surface area (Å²) in [6.45, 7) is 2.29. The highest BCUT2D eigenvalue weighted by Crippen LogP contribution is 2.44. The number of ether oxygens (including phenoxy) is 1. The van der Waals surface area contributed by atoms with E-state index in [4.69, 9.17) is 4.74 Å². The first-order valence-electron chi connectivity index (χ1n) is 11.5. The fourth-order valence-electron chi connectivity index (χ4n) is 4.93. The molecule has 8 nitrogen and oxygen atoms in total. The molecular formula is C26H25N3O5S. The molecule has 0 radical (unpaired) electrons. The Balaban J connectivity index is 1.18. The third kappa shape index (κ3) is 4.16. The van der Waals surface area contributed by atoms with Crippen LogP contribution in [0.4, 0.5) is 4.79 Å². The van der Waals surface area contributed by atoms with E-state index in [1.54, 1.807) is 6.92 Å². The first-order chi connectivity index (χ1) is 16.9. The molecular weight excluding hydrogens is 466 g/mol. The molecule has 1 aliphatic carbocycles. The van der Waals surface area contributed by atoms with Crippen LogP contribution in [0.2, 0.25) is 0 Å². The Kier molecular flexibility index (Phi) is 6.02. The van der Waals surface area contributed by atoms with E-state index >= 15 is 0 Å². The van der Waals surface area contributed by atoms with Crippen molar-refractivity contribution in [2.24, 2.45) is 0 Å². The van der Waals surface area contributed by atoms with E-state index in [1.807, 2.05) is 24.3 Å². The fourth-order valence-corrected chi connectivity index (χ4v) is 5.74. The summed E-state index contributed by atoms with van der Waals surface area (Å²) >= 11 is 1.14. The molecule has 2 heterocycles. The van der Waals surface area contributed by atoms with E-state index in [-0.39, 0.29) is 25.0 Å². The number of nitrogens with one attached hydrogen (secondary N) is 1. The van der Waals surface area contributed by atoms with Crippen molar-refractivity contribution in [2.75, 3.05) is 13.2 Å². The van der Waals surface area contributed by atoms with Gasteiger partial charge in [-0.2, -0.15) is 0 Å².